The van der Waals surface area contributed by atoms with Crippen LogP contribution in [0.1, 0.15) is 24.2 Å². The Balaban J connectivity index is 2.29. The van der Waals surface area contributed by atoms with Gasteiger partial charge in [0.15, 0.2) is 9.84 Å². The summed E-state index contributed by atoms with van der Waals surface area (Å²) >= 11 is 0. The van der Waals surface area contributed by atoms with Gasteiger partial charge in [-0.3, -0.25) is 9.59 Å². The first kappa shape index (κ1) is 18.4. The van der Waals surface area contributed by atoms with Gasteiger partial charge in [-0.1, -0.05) is 6.92 Å². The van der Waals surface area contributed by atoms with Crippen molar-refractivity contribution in [1.82, 2.24) is 4.98 Å². The van der Waals surface area contributed by atoms with Crippen molar-refractivity contribution in [2.45, 2.75) is 18.7 Å². The van der Waals surface area contributed by atoms with Crippen LogP contribution in [0.2, 0.25) is 0 Å². The average Bonchev–Trinajstić information content (AvgIpc) is 2.56. The van der Waals surface area contributed by atoms with Crippen molar-refractivity contribution >= 4 is 33.2 Å². The van der Waals surface area contributed by atoms with Gasteiger partial charge in [-0.05, 0) is 30.3 Å². The van der Waals surface area contributed by atoms with Crippen LogP contribution in [0.15, 0.2) is 41.4 Å². The second-order valence-electron chi connectivity index (χ2n) is 5.15. The summed E-state index contributed by atoms with van der Waals surface area (Å²) in [5, 5.41) is 14.8. The lowest BCUT2D eigenvalue weighted by Gasteiger charge is -2.10. The fourth-order valence-corrected chi connectivity index (χ4v) is 2.90. The second-order valence-corrected chi connectivity index (χ2v) is 7.43. The maximum absolute atomic E-state index is 12.3. The van der Waals surface area contributed by atoms with Gasteiger partial charge in [0.1, 0.15) is 11.6 Å². The number of carbonyl (C=O) groups is 2. The average molecular weight is 363 g/mol. The van der Waals surface area contributed by atoms with Gasteiger partial charge in [0.25, 0.3) is 5.91 Å². The van der Waals surface area contributed by atoms with Gasteiger partial charge in [-0.2, -0.15) is 0 Å². The highest BCUT2D eigenvalue weighted by Gasteiger charge is 2.16. The standard InChI is InChI=1S/C16H17N3O5S/c1-3-25(23,24)12-4-5-14(21)13(9-12)19-16(22)11-6-7-17-15(8-11)18-10(2)20/h4-9,21H,3H2,1-2H3,(H,19,22)(H,17,18,20). The molecular formula is C16H17N3O5S. The Hall–Kier alpha value is -2.94. The molecular weight excluding hydrogens is 346 g/mol. The minimum atomic E-state index is -3.48. The fourth-order valence-electron chi connectivity index (χ4n) is 1.99. The lowest BCUT2D eigenvalue weighted by molar-refractivity contribution is -0.114. The molecule has 8 nitrogen and oxygen atoms in total. The summed E-state index contributed by atoms with van der Waals surface area (Å²) in [7, 11) is -3.48. The van der Waals surface area contributed by atoms with E-state index in [4.69, 9.17) is 0 Å². The van der Waals surface area contributed by atoms with Crippen LogP contribution < -0.4 is 10.6 Å². The molecule has 0 fully saturated rings. The van der Waals surface area contributed by atoms with E-state index in [1.807, 2.05) is 0 Å². The number of aromatic nitrogens is 1. The van der Waals surface area contributed by atoms with Crippen molar-refractivity contribution in [2.24, 2.45) is 0 Å². The zero-order valence-corrected chi connectivity index (χ0v) is 14.4. The summed E-state index contributed by atoms with van der Waals surface area (Å²) in [6.07, 6.45) is 1.35. The number of amides is 2. The molecule has 1 aromatic carbocycles. The third-order valence-electron chi connectivity index (χ3n) is 3.28. The lowest BCUT2D eigenvalue weighted by Crippen LogP contribution is -2.14. The molecule has 9 heteroatoms. The summed E-state index contributed by atoms with van der Waals surface area (Å²) < 4.78 is 23.8. The topological polar surface area (TPSA) is 125 Å². The van der Waals surface area contributed by atoms with Gasteiger partial charge >= 0.3 is 0 Å². The number of hydrogen-bond donors (Lipinski definition) is 3. The van der Waals surface area contributed by atoms with Gasteiger partial charge in [0.2, 0.25) is 5.91 Å². The van der Waals surface area contributed by atoms with E-state index in [0.717, 1.165) is 0 Å². The number of phenols is 1. The molecule has 3 N–H and O–H groups in total. The first-order valence-corrected chi connectivity index (χ1v) is 8.99. The number of nitrogens with one attached hydrogen (secondary N) is 2. The number of carbonyl (C=O) groups excluding carboxylic acids is 2. The van der Waals surface area contributed by atoms with Crippen LogP contribution in [-0.4, -0.2) is 36.1 Å². The highest BCUT2D eigenvalue weighted by molar-refractivity contribution is 7.91. The van der Waals surface area contributed by atoms with Crippen molar-refractivity contribution < 1.29 is 23.1 Å². The highest BCUT2D eigenvalue weighted by Crippen LogP contribution is 2.27. The molecule has 0 spiro atoms. The zero-order chi connectivity index (χ0) is 18.6. The van der Waals surface area contributed by atoms with E-state index in [0.29, 0.717) is 0 Å². The Kier molecular flexibility index (Phi) is 5.38. The smallest absolute Gasteiger partial charge is 0.255 e. The largest absolute Gasteiger partial charge is 0.506 e. The maximum Gasteiger partial charge on any atom is 0.255 e. The minimum absolute atomic E-state index is 0.00300. The second kappa shape index (κ2) is 7.31. The number of phenolic OH excluding ortho intramolecular Hbond substituents is 1. The van der Waals surface area contributed by atoms with Crippen LogP contribution in [-0.2, 0) is 14.6 Å². The quantitative estimate of drug-likeness (QED) is 0.696. The third-order valence-corrected chi connectivity index (χ3v) is 5.01. The van der Waals surface area contributed by atoms with E-state index < -0.39 is 15.7 Å². The minimum Gasteiger partial charge on any atom is -0.506 e. The predicted molar refractivity (Wildman–Crippen MR) is 92.3 cm³/mol. The molecule has 0 saturated heterocycles. The zero-order valence-electron chi connectivity index (χ0n) is 13.6. The Morgan fingerprint density at radius 1 is 1.16 bits per heavy atom. The number of benzene rings is 1. The van der Waals surface area contributed by atoms with Crippen molar-refractivity contribution in [2.75, 3.05) is 16.4 Å². The van der Waals surface area contributed by atoms with Crippen molar-refractivity contribution in [3.63, 3.8) is 0 Å². The highest BCUT2D eigenvalue weighted by atomic mass is 32.2. The van der Waals surface area contributed by atoms with Crippen LogP contribution in [0, 0.1) is 0 Å². The molecule has 25 heavy (non-hydrogen) atoms. The molecule has 132 valence electrons. The van der Waals surface area contributed by atoms with Gasteiger partial charge < -0.3 is 15.7 Å². The third kappa shape index (κ3) is 4.54. The summed E-state index contributed by atoms with van der Waals surface area (Å²) in [5.74, 6) is -1.09. The molecule has 0 radical (unpaired) electrons. The molecule has 2 amide bonds. The summed E-state index contributed by atoms with van der Waals surface area (Å²) in [6, 6.07) is 6.45. The fraction of sp³-hybridized carbons (Fsp3) is 0.188. The number of pyridine rings is 1. The van der Waals surface area contributed by atoms with E-state index in [2.05, 4.69) is 15.6 Å². The van der Waals surface area contributed by atoms with Crippen molar-refractivity contribution in [3.05, 3.63) is 42.1 Å². The Bertz CT molecular complexity index is 925. The summed E-state index contributed by atoms with van der Waals surface area (Å²) in [4.78, 5) is 27.3. The summed E-state index contributed by atoms with van der Waals surface area (Å²) in [6.45, 7) is 2.81. The molecule has 2 rings (SSSR count). The molecule has 0 aliphatic heterocycles. The molecule has 0 bridgehead atoms. The Morgan fingerprint density at radius 2 is 1.88 bits per heavy atom. The van der Waals surface area contributed by atoms with E-state index in [9.17, 15) is 23.1 Å². The monoisotopic (exact) mass is 363 g/mol. The van der Waals surface area contributed by atoms with Gasteiger partial charge in [-0.15, -0.1) is 0 Å². The first-order valence-electron chi connectivity index (χ1n) is 7.33. The number of nitrogens with zero attached hydrogens (tertiary/aromatic N) is 1. The predicted octanol–water partition coefficient (Wildman–Crippen LogP) is 1.79. The van der Waals surface area contributed by atoms with Gasteiger partial charge in [0, 0.05) is 18.7 Å². The SMILES string of the molecule is CCS(=O)(=O)c1ccc(O)c(NC(=O)c2ccnc(NC(C)=O)c2)c1. The van der Waals surface area contributed by atoms with Crippen molar-refractivity contribution in [3.8, 4) is 5.75 Å². The van der Waals surface area contributed by atoms with Gasteiger partial charge in [0.05, 0.1) is 16.3 Å². The van der Waals surface area contributed by atoms with Crippen LogP contribution in [0.3, 0.4) is 0 Å². The van der Waals surface area contributed by atoms with E-state index in [1.54, 1.807) is 0 Å². The molecule has 2 aromatic rings. The normalized spacial score (nSPS) is 11.0. The molecule has 1 aromatic heterocycles. The Morgan fingerprint density at radius 3 is 2.52 bits per heavy atom. The maximum atomic E-state index is 12.3. The molecule has 0 atom stereocenters. The number of rotatable bonds is 5. The number of aromatic hydroxyl groups is 1. The lowest BCUT2D eigenvalue weighted by atomic mass is 10.2. The Labute approximate surface area is 144 Å². The molecule has 0 unspecified atom stereocenters. The first-order chi connectivity index (χ1) is 11.7. The van der Waals surface area contributed by atoms with Crippen LogP contribution in [0.5, 0.6) is 5.75 Å². The summed E-state index contributed by atoms with van der Waals surface area (Å²) in [5.41, 5.74) is 0.152. The molecule has 1 heterocycles. The molecule has 0 aliphatic rings. The number of hydrogen-bond acceptors (Lipinski definition) is 6. The van der Waals surface area contributed by atoms with Crippen molar-refractivity contribution in [1.29, 1.82) is 0 Å². The van der Waals surface area contributed by atoms with E-state index >= 15 is 0 Å². The molecule has 0 aliphatic carbocycles. The van der Waals surface area contributed by atoms with Gasteiger partial charge in [-0.25, -0.2) is 13.4 Å². The van der Waals surface area contributed by atoms with Crippen LogP contribution in [0.25, 0.3) is 0 Å². The number of anilines is 2. The van der Waals surface area contributed by atoms with E-state index in [-0.39, 0.29) is 39.4 Å². The number of sulfone groups is 1. The van der Waals surface area contributed by atoms with Crippen LogP contribution >= 0.6 is 0 Å². The van der Waals surface area contributed by atoms with E-state index in [1.165, 1.54) is 50.4 Å². The molecule has 0 saturated carbocycles. The van der Waals surface area contributed by atoms with Crippen LogP contribution in [0.4, 0.5) is 11.5 Å².